The van der Waals surface area contributed by atoms with Crippen LogP contribution < -0.4 is 5.32 Å². The molecule has 0 unspecified atom stereocenters. The van der Waals surface area contributed by atoms with Crippen LogP contribution in [0.1, 0.15) is 16.8 Å². The van der Waals surface area contributed by atoms with E-state index in [4.69, 9.17) is 0 Å². The number of nitrogens with one attached hydrogen (secondary N) is 2. The average Bonchev–Trinajstić information content (AvgIpc) is 3.26. The van der Waals surface area contributed by atoms with Crippen molar-refractivity contribution in [1.82, 2.24) is 25.0 Å². The van der Waals surface area contributed by atoms with Gasteiger partial charge in [0.05, 0.1) is 13.1 Å². The first-order valence-corrected chi connectivity index (χ1v) is 12.0. The van der Waals surface area contributed by atoms with E-state index in [0.29, 0.717) is 26.2 Å². The van der Waals surface area contributed by atoms with Gasteiger partial charge in [0, 0.05) is 55.9 Å². The van der Waals surface area contributed by atoms with E-state index < -0.39 is 0 Å². The lowest BCUT2D eigenvalue weighted by molar-refractivity contribution is -0.131. The lowest BCUT2D eigenvalue weighted by atomic mass is 10.0. The van der Waals surface area contributed by atoms with Gasteiger partial charge in [0.25, 0.3) is 0 Å². The van der Waals surface area contributed by atoms with Crippen molar-refractivity contribution in [3.05, 3.63) is 77.5 Å². The zero-order valence-electron chi connectivity index (χ0n) is 19.4. The molecule has 176 valence electrons. The highest BCUT2D eigenvalue weighted by atomic mass is 16.2. The SMILES string of the molecule is O=C(CNC(=O)N1CCc2c([nH]c3ccccc23)C1)N1CCN(CC=Cc2ccccc2)CC1. The number of nitrogens with zero attached hydrogens (tertiary/aromatic N) is 3. The van der Waals surface area contributed by atoms with Crippen molar-refractivity contribution in [3.63, 3.8) is 0 Å². The second-order valence-electron chi connectivity index (χ2n) is 8.95. The quantitative estimate of drug-likeness (QED) is 0.619. The molecule has 0 spiro atoms. The minimum absolute atomic E-state index is 0.0175. The molecule has 1 saturated heterocycles. The number of rotatable bonds is 5. The Kier molecular flexibility index (Phi) is 6.62. The summed E-state index contributed by atoms with van der Waals surface area (Å²) in [6, 6.07) is 18.3. The second-order valence-corrected chi connectivity index (χ2v) is 8.95. The molecular formula is C27H31N5O2. The van der Waals surface area contributed by atoms with Gasteiger partial charge in [-0.2, -0.15) is 0 Å². The number of carbonyl (C=O) groups is 2. The molecule has 0 saturated carbocycles. The summed E-state index contributed by atoms with van der Waals surface area (Å²) in [6.07, 6.45) is 5.12. The van der Waals surface area contributed by atoms with E-state index >= 15 is 0 Å². The van der Waals surface area contributed by atoms with E-state index in [2.05, 4.69) is 51.6 Å². The van der Waals surface area contributed by atoms with Crippen molar-refractivity contribution in [2.24, 2.45) is 0 Å². The molecule has 5 rings (SSSR count). The maximum atomic E-state index is 12.7. The van der Waals surface area contributed by atoms with Gasteiger partial charge in [-0.1, -0.05) is 60.7 Å². The Morgan fingerprint density at radius 2 is 1.68 bits per heavy atom. The average molecular weight is 458 g/mol. The molecule has 3 heterocycles. The van der Waals surface area contributed by atoms with Crippen molar-refractivity contribution < 1.29 is 9.59 Å². The molecular weight excluding hydrogens is 426 g/mol. The van der Waals surface area contributed by atoms with E-state index in [9.17, 15) is 9.59 Å². The number of piperazine rings is 1. The van der Waals surface area contributed by atoms with Crippen LogP contribution in [0.25, 0.3) is 17.0 Å². The maximum Gasteiger partial charge on any atom is 0.318 e. The molecule has 1 fully saturated rings. The number of aromatic amines is 1. The van der Waals surface area contributed by atoms with Gasteiger partial charge in [-0.3, -0.25) is 9.69 Å². The summed E-state index contributed by atoms with van der Waals surface area (Å²) >= 11 is 0. The number of aromatic nitrogens is 1. The van der Waals surface area contributed by atoms with Crippen molar-refractivity contribution in [3.8, 4) is 0 Å². The summed E-state index contributed by atoms with van der Waals surface area (Å²) in [5, 5.41) is 4.07. The molecule has 1 aromatic heterocycles. The first-order valence-electron chi connectivity index (χ1n) is 12.0. The predicted molar refractivity (Wildman–Crippen MR) is 134 cm³/mol. The molecule has 3 amide bonds. The molecule has 2 N–H and O–H groups in total. The molecule has 7 nitrogen and oxygen atoms in total. The molecule has 0 radical (unpaired) electrons. The monoisotopic (exact) mass is 457 g/mol. The Hall–Kier alpha value is -3.58. The van der Waals surface area contributed by atoms with Gasteiger partial charge in [0.1, 0.15) is 0 Å². The fourth-order valence-electron chi connectivity index (χ4n) is 4.82. The Labute approximate surface area is 200 Å². The highest BCUT2D eigenvalue weighted by molar-refractivity contribution is 5.86. The van der Waals surface area contributed by atoms with Gasteiger partial charge in [0.2, 0.25) is 5.91 Å². The van der Waals surface area contributed by atoms with Gasteiger partial charge in [-0.25, -0.2) is 4.79 Å². The van der Waals surface area contributed by atoms with Crippen LogP contribution in [0.3, 0.4) is 0 Å². The fourth-order valence-corrected chi connectivity index (χ4v) is 4.82. The number of urea groups is 1. The minimum atomic E-state index is -0.178. The Balaban J connectivity index is 1.05. The minimum Gasteiger partial charge on any atom is -0.357 e. The zero-order chi connectivity index (χ0) is 23.3. The number of hydrogen-bond acceptors (Lipinski definition) is 3. The highest BCUT2D eigenvalue weighted by Crippen LogP contribution is 2.27. The first kappa shape index (κ1) is 22.2. The smallest absolute Gasteiger partial charge is 0.318 e. The predicted octanol–water partition coefficient (Wildman–Crippen LogP) is 3.09. The van der Waals surface area contributed by atoms with Crippen LogP contribution in [-0.4, -0.2) is 77.4 Å². The normalized spacial score (nSPS) is 16.7. The number of fused-ring (bicyclic) bond motifs is 3. The second kappa shape index (κ2) is 10.1. The first-order chi connectivity index (χ1) is 16.7. The van der Waals surface area contributed by atoms with E-state index in [-0.39, 0.29) is 18.5 Å². The van der Waals surface area contributed by atoms with Crippen LogP contribution >= 0.6 is 0 Å². The van der Waals surface area contributed by atoms with Gasteiger partial charge in [-0.15, -0.1) is 0 Å². The number of amides is 3. The van der Waals surface area contributed by atoms with Crippen LogP contribution in [0.4, 0.5) is 4.79 Å². The summed E-state index contributed by atoms with van der Waals surface area (Å²) in [5.74, 6) is -0.0175. The zero-order valence-corrected chi connectivity index (χ0v) is 19.4. The third-order valence-corrected chi connectivity index (χ3v) is 6.76. The number of hydrogen-bond donors (Lipinski definition) is 2. The summed E-state index contributed by atoms with van der Waals surface area (Å²) in [5.41, 5.74) is 4.69. The molecule has 2 aromatic carbocycles. The number of H-pyrrole nitrogens is 1. The summed E-state index contributed by atoms with van der Waals surface area (Å²) in [6.45, 7) is 5.18. The number of benzene rings is 2. The van der Waals surface area contributed by atoms with Crippen molar-refractivity contribution in [1.29, 1.82) is 0 Å². The van der Waals surface area contributed by atoms with Gasteiger partial charge in [-0.05, 0) is 23.6 Å². The van der Waals surface area contributed by atoms with Crippen LogP contribution in [0.2, 0.25) is 0 Å². The lowest BCUT2D eigenvalue weighted by Crippen LogP contribution is -2.52. The van der Waals surface area contributed by atoms with Gasteiger partial charge >= 0.3 is 6.03 Å². The van der Waals surface area contributed by atoms with Gasteiger partial charge in [0.15, 0.2) is 0 Å². The van der Waals surface area contributed by atoms with Crippen LogP contribution in [0.15, 0.2) is 60.7 Å². The Morgan fingerprint density at radius 3 is 2.50 bits per heavy atom. The molecule has 3 aromatic rings. The Morgan fingerprint density at radius 1 is 0.912 bits per heavy atom. The van der Waals surface area contributed by atoms with E-state index in [1.807, 2.05) is 35.2 Å². The van der Waals surface area contributed by atoms with Crippen LogP contribution in [0.5, 0.6) is 0 Å². The largest absolute Gasteiger partial charge is 0.357 e. The van der Waals surface area contributed by atoms with Gasteiger partial charge < -0.3 is 20.1 Å². The van der Waals surface area contributed by atoms with E-state index in [1.54, 1.807) is 4.90 Å². The highest BCUT2D eigenvalue weighted by Gasteiger charge is 2.25. The Bertz CT molecular complexity index is 1180. The number of carbonyl (C=O) groups excluding carboxylic acids is 2. The lowest BCUT2D eigenvalue weighted by Gasteiger charge is -2.34. The molecule has 2 aliphatic heterocycles. The van der Waals surface area contributed by atoms with Crippen LogP contribution in [0, 0.1) is 0 Å². The standard InChI is InChI=1S/C27H31N5O2/c33-26(31-17-15-30(16-18-31)13-6-9-21-7-2-1-3-8-21)19-28-27(34)32-14-12-23-22-10-4-5-11-24(22)29-25(23)20-32/h1-11,29H,12-20H2,(H,28,34). The summed E-state index contributed by atoms with van der Waals surface area (Å²) < 4.78 is 0. The van der Waals surface area contributed by atoms with E-state index in [0.717, 1.165) is 37.3 Å². The molecule has 0 bridgehead atoms. The van der Waals surface area contributed by atoms with Crippen molar-refractivity contribution in [2.45, 2.75) is 13.0 Å². The van der Waals surface area contributed by atoms with Crippen molar-refractivity contribution in [2.75, 3.05) is 45.8 Å². The molecule has 2 aliphatic rings. The topological polar surface area (TPSA) is 71.7 Å². The van der Waals surface area contributed by atoms with Crippen molar-refractivity contribution >= 4 is 28.9 Å². The third kappa shape index (κ3) is 4.99. The molecule has 0 aliphatic carbocycles. The third-order valence-electron chi connectivity index (χ3n) is 6.76. The maximum absolute atomic E-state index is 12.7. The fraction of sp³-hybridized carbons (Fsp3) is 0.333. The summed E-state index contributed by atoms with van der Waals surface area (Å²) in [7, 11) is 0. The number of para-hydroxylation sites is 1. The summed E-state index contributed by atoms with van der Waals surface area (Å²) in [4.78, 5) is 34.8. The molecule has 7 heteroatoms. The van der Waals surface area contributed by atoms with Crippen LogP contribution in [-0.2, 0) is 17.8 Å². The molecule has 0 atom stereocenters. The molecule has 34 heavy (non-hydrogen) atoms. The van der Waals surface area contributed by atoms with E-state index in [1.165, 1.54) is 16.5 Å².